The average molecular weight is 468 g/mol. The Morgan fingerprint density at radius 2 is 1.82 bits per heavy atom. The highest BCUT2D eigenvalue weighted by molar-refractivity contribution is 5.89. The first-order valence-electron chi connectivity index (χ1n) is 14.0. The van der Waals surface area contributed by atoms with Crippen molar-refractivity contribution in [1.82, 2.24) is 15.1 Å². The molecule has 1 saturated heterocycles. The lowest BCUT2D eigenvalue weighted by atomic mass is 9.83. The molecule has 1 aromatic carbocycles. The molecule has 0 radical (unpaired) electrons. The van der Waals surface area contributed by atoms with Crippen LogP contribution in [0, 0.1) is 11.8 Å². The van der Waals surface area contributed by atoms with Crippen molar-refractivity contribution in [2.75, 3.05) is 19.6 Å². The Hall–Kier alpha value is -1.88. The fourth-order valence-electron chi connectivity index (χ4n) is 6.49. The molecule has 5 heteroatoms. The van der Waals surface area contributed by atoms with Gasteiger partial charge in [-0.05, 0) is 68.5 Å². The number of carbonyl (C=O) groups is 2. The molecule has 1 aliphatic heterocycles. The van der Waals surface area contributed by atoms with Gasteiger partial charge in [-0.2, -0.15) is 0 Å². The summed E-state index contributed by atoms with van der Waals surface area (Å²) in [5, 5.41) is 3.23. The zero-order valence-electron chi connectivity index (χ0n) is 21.6. The van der Waals surface area contributed by atoms with Crippen molar-refractivity contribution >= 4 is 11.8 Å². The van der Waals surface area contributed by atoms with Gasteiger partial charge in [-0.1, -0.05) is 64.3 Å². The number of likely N-dealkylation sites (tertiary alicyclic amines) is 1. The molecule has 5 nitrogen and oxygen atoms in total. The van der Waals surface area contributed by atoms with Gasteiger partial charge in [0.05, 0.1) is 0 Å². The van der Waals surface area contributed by atoms with Gasteiger partial charge >= 0.3 is 0 Å². The molecule has 2 fully saturated rings. The van der Waals surface area contributed by atoms with Crippen LogP contribution >= 0.6 is 0 Å². The van der Waals surface area contributed by atoms with Crippen LogP contribution in [0.2, 0.25) is 0 Å². The lowest BCUT2D eigenvalue weighted by molar-refractivity contribution is -0.140. The van der Waals surface area contributed by atoms with E-state index in [-0.39, 0.29) is 35.7 Å². The molecule has 1 saturated carbocycles. The third-order valence-corrected chi connectivity index (χ3v) is 8.80. The smallest absolute Gasteiger partial charge is 0.245 e. The van der Waals surface area contributed by atoms with Crippen LogP contribution in [-0.2, 0) is 16.0 Å². The minimum atomic E-state index is -0.357. The molecule has 1 N–H and O–H groups in total. The van der Waals surface area contributed by atoms with E-state index in [1.807, 2.05) is 13.8 Å². The largest absolute Gasteiger partial charge is 0.344 e. The van der Waals surface area contributed by atoms with Gasteiger partial charge < -0.3 is 10.2 Å². The van der Waals surface area contributed by atoms with E-state index in [0.29, 0.717) is 6.04 Å². The van der Waals surface area contributed by atoms with Crippen LogP contribution in [0.3, 0.4) is 0 Å². The number of likely N-dealkylation sites (N-methyl/N-ethyl adjacent to an activating group) is 1. The summed E-state index contributed by atoms with van der Waals surface area (Å²) in [5.74, 6) is 0.444. The number of amides is 2. The molecular formula is C29H45N3O2. The zero-order valence-corrected chi connectivity index (χ0v) is 21.6. The number of carbonyl (C=O) groups excluding carboxylic acids is 2. The van der Waals surface area contributed by atoms with Gasteiger partial charge in [-0.25, -0.2) is 0 Å². The van der Waals surface area contributed by atoms with Gasteiger partial charge in [0.15, 0.2) is 0 Å². The third-order valence-electron chi connectivity index (χ3n) is 8.80. The average Bonchev–Trinajstić information content (AvgIpc) is 3.52. The quantitative estimate of drug-likeness (QED) is 0.550. The van der Waals surface area contributed by atoms with E-state index in [2.05, 4.69) is 46.3 Å². The van der Waals surface area contributed by atoms with E-state index < -0.39 is 0 Å². The minimum absolute atomic E-state index is 0.0416. The fraction of sp³-hybridized carbons (Fsp3) is 0.724. The van der Waals surface area contributed by atoms with Crippen molar-refractivity contribution < 1.29 is 9.59 Å². The fourth-order valence-corrected chi connectivity index (χ4v) is 6.49. The summed E-state index contributed by atoms with van der Waals surface area (Å²) in [7, 11) is 0. The van der Waals surface area contributed by atoms with Gasteiger partial charge in [0, 0.05) is 31.1 Å². The lowest BCUT2D eigenvalue weighted by Gasteiger charge is -2.38. The third kappa shape index (κ3) is 5.50. The molecule has 2 amide bonds. The predicted molar refractivity (Wildman–Crippen MR) is 137 cm³/mol. The monoisotopic (exact) mass is 467 g/mol. The minimum Gasteiger partial charge on any atom is -0.344 e. The van der Waals surface area contributed by atoms with Crippen LogP contribution < -0.4 is 5.32 Å². The summed E-state index contributed by atoms with van der Waals surface area (Å²) in [6, 6.07) is 9.20. The van der Waals surface area contributed by atoms with Crippen molar-refractivity contribution in [1.29, 1.82) is 0 Å². The molecular weight excluding hydrogens is 422 g/mol. The standard InChI is InChI=1S/C29H45N3O2/c1-4-21(3)28(33)30-27(23-13-7-6-8-14-23)29(34)32-19-11-15-24(32)20-31(5-2)26-18-17-22-12-9-10-16-25(22)26/h9-10,12,16,21,23-24,26-27H,4-8,11,13-15,17-20H2,1-3H3,(H,30,33)/t21-,24+,26?,27?/m1/s1. The summed E-state index contributed by atoms with van der Waals surface area (Å²) >= 11 is 0. The van der Waals surface area contributed by atoms with E-state index in [1.165, 1.54) is 36.8 Å². The molecule has 0 bridgehead atoms. The summed E-state index contributed by atoms with van der Waals surface area (Å²) in [6.45, 7) is 9.00. The predicted octanol–water partition coefficient (Wildman–Crippen LogP) is 5.10. The SMILES string of the molecule is CC[C@@H](C)C(=O)NC(C(=O)N1CCC[C@H]1CN(CC)C1CCc2ccccc21)C1CCCCC1. The maximum Gasteiger partial charge on any atom is 0.245 e. The second kappa shape index (κ2) is 11.7. The van der Waals surface area contributed by atoms with Crippen molar-refractivity contribution in [2.45, 2.75) is 103 Å². The first-order valence-corrected chi connectivity index (χ1v) is 14.0. The van der Waals surface area contributed by atoms with E-state index in [0.717, 1.165) is 58.2 Å². The molecule has 4 rings (SSSR count). The molecule has 188 valence electrons. The van der Waals surface area contributed by atoms with E-state index in [4.69, 9.17) is 0 Å². The Balaban J connectivity index is 1.48. The Labute approximate surface area is 206 Å². The molecule has 2 unspecified atom stereocenters. The molecule has 34 heavy (non-hydrogen) atoms. The van der Waals surface area contributed by atoms with Crippen LogP contribution in [-0.4, -0.2) is 53.3 Å². The van der Waals surface area contributed by atoms with Gasteiger partial charge in [-0.15, -0.1) is 0 Å². The molecule has 1 heterocycles. The van der Waals surface area contributed by atoms with Crippen LogP contribution in [0.4, 0.5) is 0 Å². The number of nitrogens with zero attached hydrogens (tertiary/aromatic N) is 2. The molecule has 0 spiro atoms. The van der Waals surface area contributed by atoms with E-state index in [9.17, 15) is 9.59 Å². The topological polar surface area (TPSA) is 52.7 Å². The van der Waals surface area contributed by atoms with Gasteiger partial charge in [-0.3, -0.25) is 14.5 Å². The van der Waals surface area contributed by atoms with Crippen LogP contribution in [0.15, 0.2) is 24.3 Å². The molecule has 3 aliphatic rings. The Morgan fingerprint density at radius 3 is 2.56 bits per heavy atom. The van der Waals surface area contributed by atoms with Gasteiger partial charge in [0.2, 0.25) is 11.8 Å². The van der Waals surface area contributed by atoms with E-state index in [1.54, 1.807) is 0 Å². The highest BCUT2D eigenvalue weighted by Crippen LogP contribution is 2.37. The van der Waals surface area contributed by atoms with Gasteiger partial charge in [0.25, 0.3) is 0 Å². The first-order chi connectivity index (χ1) is 16.5. The van der Waals surface area contributed by atoms with Gasteiger partial charge in [0.1, 0.15) is 6.04 Å². The molecule has 2 aliphatic carbocycles. The first kappa shape index (κ1) is 25.2. The molecule has 0 aromatic heterocycles. The summed E-state index contributed by atoms with van der Waals surface area (Å²) in [6.07, 6.45) is 10.9. The van der Waals surface area contributed by atoms with Crippen molar-refractivity contribution in [3.8, 4) is 0 Å². The normalized spacial score (nSPS) is 24.8. The van der Waals surface area contributed by atoms with Crippen molar-refractivity contribution in [3.63, 3.8) is 0 Å². The van der Waals surface area contributed by atoms with Crippen LogP contribution in [0.1, 0.15) is 95.7 Å². The van der Waals surface area contributed by atoms with Crippen LogP contribution in [0.5, 0.6) is 0 Å². The number of rotatable bonds is 9. The highest BCUT2D eigenvalue weighted by Gasteiger charge is 2.40. The second-order valence-electron chi connectivity index (χ2n) is 10.9. The van der Waals surface area contributed by atoms with E-state index >= 15 is 0 Å². The number of hydrogen-bond donors (Lipinski definition) is 1. The maximum absolute atomic E-state index is 14.0. The van der Waals surface area contributed by atoms with Crippen LogP contribution in [0.25, 0.3) is 0 Å². The Kier molecular flexibility index (Phi) is 8.68. The summed E-state index contributed by atoms with van der Waals surface area (Å²) in [4.78, 5) is 31.6. The van der Waals surface area contributed by atoms with Crippen molar-refractivity contribution in [2.24, 2.45) is 11.8 Å². The second-order valence-corrected chi connectivity index (χ2v) is 10.9. The molecule has 4 atom stereocenters. The number of fused-ring (bicyclic) bond motifs is 1. The Bertz CT molecular complexity index is 834. The maximum atomic E-state index is 14.0. The summed E-state index contributed by atoms with van der Waals surface area (Å²) < 4.78 is 0. The number of benzene rings is 1. The number of aryl methyl sites for hydroxylation is 1. The lowest BCUT2D eigenvalue weighted by Crippen LogP contribution is -2.56. The highest BCUT2D eigenvalue weighted by atomic mass is 16.2. The number of hydrogen-bond acceptors (Lipinski definition) is 3. The zero-order chi connectivity index (χ0) is 24.1. The van der Waals surface area contributed by atoms with Crippen molar-refractivity contribution in [3.05, 3.63) is 35.4 Å². The summed E-state index contributed by atoms with van der Waals surface area (Å²) in [5.41, 5.74) is 2.96. The number of nitrogens with one attached hydrogen (secondary N) is 1. The Morgan fingerprint density at radius 1 is 1.06 bits per heavy atom. The molecule has 1 aromatic rings.